The predicted octanol–water partition coefficient (Wildman–Crippen LogP) is 2.23. The van der Waals surface area contributed by atoms with Crippen LogP contribution >= 0.6 is 0 Å². The van der Waals surface area contributed by atoms with E-state index in [1.165, 1.54) is 11.1 Å². The molecule has 2 aromatic rings. The molecular weight excluding hydrogens is 527 g/mol. The number of rotatable bonds is 2. The van der Waals surface area contributed by atoms with Crippen LogP contribution in [0.2, 0.25) is 13.1 Å². The minimum atomic E-state index is -1.91. The third-order valence-electron chi connectivity index (χ3n) is 6.70. The van der Waals surface area contributed by atoms with Crippen molar-refractivity contribution in [2.24, 2.45) is 10.8 Å². The van der Waals surface area contributed by atoms with Gasteiger partial charge in [0, 0.05) is 0 Å². The standard InChI is InChI=1S/2C13H15.C2H6Si.2ClH.Zr/c2*1-13(2,3)12-9-8-10-6-4-5-7-11(10)12;1-3-2;;;/h2*4-9H,1-3H3;1-2H3;2*1H;/q;;;;;+2/p-2. The minimum Gasteiger partial charge on any atom is -1.00 e. The molecule has 0 saturated heterocycles. The van der Waals surface area contributed by atoms with E-state index in [-0.39, 0.29) is 41.1 Å². The molecule has 0 amide bonds. The second kappa shape index (κ2) is 10.1. The molecule has 0 bridgehead atoms. The van der Waals surface area contributed by atoms with Crippen LogP contribution in [0.25, 0.3) is 11.1 Å². The Hall–Kier alpha value is -0.400. The van der Waals surface area contributed by atoms with Crippen LogP contribution in [0, 0.1) is 10.8 Å². The van der Waals surface area contributed by atoms with Gasteiger partial charge in [-0.3, -0.25) is 0 Å². The van der Waals surface area contributed by atoms with Gasteiger partial charge in [-0.1, -0.05) is 0 Å². The van der Waals surface area contributed by atoms with Crippen molar-refractivity contribution in [3.8, 4) is 0 Å². The average molecular weight is 563 g/mol. The molecule has 170 valence electrons. The van der Waals surface area contributed by atoms with Gasteiger partial charge < -0.3 is 24.8 Å². The summed E-state index contributed by atoms with van der Waals surface area (Å²) >= 11 is -1.91. The summed E-state index contributed by atoms with van der Waals surface area (Å²) in [6.07, 6.45) is 5.45. The third-order valence-corrected chi connectivity index (χ3v) is 25.7. The monoisotopic (exact) mass is 560 g/mol. The van der Waals surface area contributed by atoms with Crippen molar-refractivity contribution < 1.29 is 45.2 Å². The van der Waals surface area contributed by atoms with Gasteiger partial charge in [0.15, 0.2) is 0 Å². The van der Waals surface area contributed by atoms with Gasteiger partial charge in [0.05, 0.1) is 0 Å². The van der Waals surface area contributed by atoms with E-state index >= 15 is 0 Å². The van der Waals surface area contributed by atoms with E-state index in [4.69, 9.17) is 0 Å². The van der Waals surface area contributed by atoms with Gasteiger partial charge in [-0.25, -0.2) is 0 Å². The van der Waals surface area contributed by atoms with E-state index in [2.05, 4.69) is 115 Å². The predicted molar refractivity (Wildman–Crippen MR) is 131 cm³/mol. The summed E-state index contributed by atoms with van der Waals surface area (Å²) in [4.78, 5) is 0. The zero-order valence-corrected chi connectivity index (χ0v) is 25.7. The molecule has 2 aliphatic carbocycles. The van der Waals surface area contributed by atoms with Crippen LogP contribution in [-0.4, -0.2) is 5.43 Å². The summed E-state index contributed by atoms with van der Waals surface area (Å²) in [5.74, 6) is 0. The Morgan fingerprint density at radius 1 is 0.625 bits per heavy atom. The Morgan fingerprint density at radius 3 is 1.28 bits per heavy atom. The molecule has 0 saturated carbocycles. The fourth-order valence-corrected chi connectivity index (χ4v) is 24.1. The van der Waals surface area contributed by atoms with Crippen molar-refractivity contribution in [2.45, 2.75) is 61.9 Å². The van der Waals surface area contributed by atoms with Crippen LogP contribution in [0.4, 0.5) is 0 Å². The normalized spacial score (nSPS) is 18.8. The van der Waals surface area contributed by atoms with E-state index in [1.807, 2.05) is 0 Å². The van der Waals surface area contributed by atoms with Gasteiger partial charge >= 0.3 is 193 Å². The largest absolute Gasteiger partial charge is 1.00 e. The zero-order valence-electron chi connectivity index (χ0n) is 20.7. The Bertz CT molecular complexity index is 1010. The molecule has 0 spiro atoms. The quantitative estimate of drug-likeness (QED) is 0.493. The number of halogens is 2. The van der Waals surface area contributed by atoms with Crippen LogP contribution in [0.3, 0.4) is 0 Å². The van der Waals surface area contributed by atoms with Crippen molar-refractivity contribution in [3.63, 3.8) is 0 Å². The number of benzene rings is 2. The molecule has 0 radical (unpaired) electrons. The Morgan fingerprint density at radius 2 is 0.969 bits per heavy atom. The molecule has 0 aromatic heterocycles. The molecule has 4 heteroatoms. The molecule has 0 heterocycles. The van der Waals surface area contributed by atoms with Crippen LogP contribution in [-0.2, 0) is 20.4 Å². The molecule has 0 aliphatic heterocycles. The first-order chi connectivity index (χ1) is 14.0. The van der Waals surface area contributed by atoms with Crippen molar-refractivity contribution >= 4 is 16.6 Å². The molecule has 2 aromatic carbocycles. The van der Waals surface area contributed by atoms with Gasteiger partial charge in [0.2, 0.25) is 0 Å². The Labute approximate surface area is 216 Å². The number of hydrogen-bond acceptors (Lipinski definition) is 0. The van der Waals surface area contributed by atoms with Crippen LogP contribution in [0.1, 0.15) is 71.0 Å². The third kappa shape index (κ3) is 5.00. The maximum Gasteiger partial charge on any atom is -1.00 e. The molecule has 4 rings (SSSR count). The molecule has 2 atom stereocenters. The van der Waals surface area contributed by atoms with Gasteiger partial charge in [-0.05, 0) is 0 Å². The maximum absolute atomic E-state index is 2.72. The summed E-state index contributed by atoms with van der Waals surface area (Å²) in [5.41, 5.74) is 9.55. The van der Waals surface area contributed by atoms with Crippen molar-refractivity contribution in [3.05, 3.63) is 82.9 Å². The molecule has 0 N–H and O–H groups in total. The SMILES string of the molecule is C[Si](C)=[Zr+2]([CH]1C=C(C(C)(C)C)c2ccccc21)[CH]1C=C(C(C)(C)C)c2ccccc21.[Cl-].[Cl-]. The zero-order chi connectivity index (χ0) is 21.8. The fourth-order valence-electron chi connectivity index (χ4n) is 5.36. The summed E-state index contributed by atoms with van der Waals surface area (Å²) in [5, 5.41) is 0. The smallest absolute Gasteiger partial charge is 1.00 e. The van der Waals surface area contributed by atoms with Crippen LogP contribution < -0.4 is 24.8 Å². The van der Waals surface area contributed by atoms with Crippen LogP contribution in [0.5, 0.6) is 0 Å². The second-order valence-corrected chi connectivity index (χ2v) is 29.3. The van der Waals surface area contributed by atoms with Gasteiger partial charge in [0.25, 0.3) is 0 Å². The van der Waals surface area contributed by atoms with E-state index in [1.54, 1.807) is 22.3 Å². The van der Waals surface area contributed by atoms with Gasteiger partial charge in [-0.2, -0.15) is 0 Å². The average Bonchev–Trinajstić information content (AvgIpc) is 3.22. The topological polar surface area (TPSA) is 0 Å². The van der Waals surface area contributed by atoms with Crippen LogP contribution in [0.15, 0.2) is 60.7 Å². The van der Waals surface area contributed by atoms with Crippen molar-refractivity contribution in [1.82, 2.24) is 0 Å². The van der Waals surface area contributed by atoms with E-state index in [9.17, 15) is 0 Å². The summed E-state index contributed by atoms with van der Waals surface area (Å²) < 4.78 is 1.41. The molecule has 2 unspecified atom stereocenters. The maximum atomic E-state index is 2.72. The minimum absolute atomic E-state index is 0. The number of fused-ring (bicyclic) bond motifs is 2. The van der Waals surface area contributed by atoms with Crippen molar-refractivity contribution in [1.29, 1.82) is 0 Å². The molecule has 2 aliphatic rings. The van der Waals surface area contributed by atoms with Gasteiger partial charge in [-0.15, -0.1) is 0 Å². The Kier molecular flexibility index (Phi) is 8.76. The first-order valence-electron chi connectivity index (χ1n) is 11.3. The summed E-state index contributed by atoms with van der Waals surface area (Å²) in [6.45, 7) is 19.5. The number of hydrogen-bond donors (Lipinski definition) is 0. The second-order valence-electron chi connectivity index (χ2n) is 11.2. The fraction of sp³-hybridized carbons (Fsp3) is 0.429. The van der Waals surface area contributed by atoms with Crippen molar-refractivity contribution in [2.75, 3.05) is 0 Å². The van der Waals surface area contributed by atoms with E-state index < -0.39 is 20.4 Å². The summed E-state index contributed by atoms with van der Waals surface area (Å²) in [6, 6.07) is 18.6. The first kappa shape index (κ1) is 27.8. The van der Waals surface area contributed by atoms with Gasteiger partial charge in [0.1, 0.15) is 0 Å². The van der Waals surface area contributed by atoms with E-state index in [0.717, 1.165) is 0 Å². The van der Waals surface area contributed by atoms with E-state index in [0.29, 0.717) is 7.25 Å². The Balaban J connectivity index is 0.00000181. The summed E-state index contributed by atoms with van der Waals surface area (Å²) in [7, 11) is 0. The molecule has 32 heavy (non-hydrogen) atoms. The molecule has 0 nitrogen and oxygen atoms in total. The molecular formula is C28H36Cl2SiZr. The first-order valence-corrected chi connectivity index (χ1v) is 20.3. The number of allylic oxidation sites excluding steroid dienone is 4. The molecule has 0 fully saturated rings.